The molecule has 5 nitrogen and oxygen atoms in total. The summed E-state index contributed by atoms with van der Waals surface area (Å²) in [5.74, 6) is 0.888. The third kappa shape index (κ3) is 4.83. The molecule has 26 heavy (non-hydrogen) atoms. The van der Waals surface area contributed by atoms with Gasteiger partial charge in [-0.05, 0) is 31.2 Å². The topological polar surface area (TPSA) is 60.5 Å². The molecule has 1 amide bonds. The normalized spacial score (nSPS) is 10.4. The highest BCUT2D eigenvalue weighted by Crippen LogP contribution is 2.28. The Balaban J connectivity index is 1.59. The Kier molecular flexibility index (Phi) is 6.25. The van der Waals surface area contributed by atoms with Crippen molar-refractivity contribution in [2.75, 3.05) is 18.5 Å². The summed E-state index contributed by atoms with van der Waals surface area (Å²) >= 11 is 4.82. The largest absolute Gasteiger partial charge is 0.490 e. The van der Waals surface area contributed by atoms with E-state index in [1.165, 1.54) is 11.3 Å². The molecule has 0 bridgehead atoms. The van der Waals surface area contributed by atoms with Gasteiger partial charge in [0.25, 0.3) is 5.91 Å². The maximum Gasteiger partial charge on any atom is 0.264 e. The number of aromatic nitrogens is 1. The maximum absolute atomic E-state index is 12.1. The molecule has 0 radical (unpaired) electrons. The zero-order chi connectivity index (χ0) is 18.4. The summed E-state index contributed by atoms with van der Waals surface area (Å²) in [4.78, 5) is 16.6. The first-order chi connectivity index (χ1) is 12.7. The van der Waals surface area contributed by atoms with Crippen molar-refractivity contribution in [2.24, 2.45) is 0 Å². The summed E-state index contributed by atoms with van der Waals surface area (Å²) in [6.07, 6.45) is 0. The van der Waals surface area contributed by atoms with Crippen LogP contribution in [0.4, 0.5) is 5.13 Å². The van der Waals surface area contributed by atoms with E-state index in [9.17, 15) is 4.79 Å². The van der Waals surface area contributed by atoms with E-state index in [1.807, 2.05) is 54.8 Å². The summed E-state index contributed by atoms with van der Waals surface area (Å²) in [7, 11) is 0. The van der Waals surface area contributed by atoms with Crippen LogP contribution < -0.4 is 14.8 Å². The lowest BCUT2D eigenvalue weighted by molar-refractivity contribution is -0.118. The molecule has 0 spiro atoms. The molecule has 1 N–H and O–H groups in total. The number of carbonyl (C=O) groups is 1. The minimum atomic E-state index is -0.272. The van der Waals surface area contributed by atoms with Crippen molar-refractivity contribution in [3.8, 4) is 22.8 Å². The Morgan fingerprint density at radius 3 is 2.65 bits per heavy atom. The van der Waals surface area contributed by atoms with E-state index in [0.717, 1.165) is 15.7 Å². The number of hydrogen-bond donors (Lipinski definition) is 1. The number of rotatable bonds is 7. The van der Waals surface area contributed by atoms with E-state index < -0.39 is 0 Å². The van der Waals surface area contributed by atoms with Gasteiger partial charge in [0.2, 0.25) is 0 Å². The maximum atomic E-state index is 12.1. The first-order valence-electron chi connectivity index (χ1n) is 8.01. The van der Waals surface area contributed by atoms with Gasteiger partial charge in [0.05, 0.1) is 12.3 Å². The van der Waals surface area contributed by atoms with Gasteiger partial charge in [-0.15, -0.1) is 11.3 Å². The summed E-state index contributed by atoms with van der Waals surface area (Å²) < 4.78 is 12.0. The van der Waals surface area contributed by atoms with Crippen LogP contribution in [0.1, 0.15) is 6.92 Å². The highest BCUT2D eigenvalue weighted by atomic mass is 79.9. The van der Waals surface area contributed by atoms with Crippen LogP contribution in [-0.2, 0) is 4.79 Å². The van der Waals surface area contributed by atoms with Crippen molar-refractivity contribution in [2.45, 2.75) is 6.92 Å². The van der Waals surface area contributed by atoms with Gasteiger partial charge in [-0.25, -0.2) is 4.98 Å². The Hall–Kier alpha value is -2.38. The molecule has 0 saturated carbocycles. The molecule has 2 aromatic carbocycles. The van der Waals surface area contributed by atoms with Crippen LogP contribution in [0.3, 0.4) is 0 Å². The smallest absolute Gasteiger partial charge is 0.264 e. The van der Waals surface area contributed by atoms with E-state index in [1.54, 1.807) is 6.07 Å². The van der Waals surface area contributed by atoms with Crippen LogP contribution in [0.25, 0.3) is 11.3 Å². The second-order valence-electron chi connectivity index (χ2n) is 5.26. The van der Waals surface area contributed by atoms with Crippen LogP contribution in [-0.4, -0.2) is 24.1 Å². The van der Waals surface area contributed by atoms with Gasteiger partial charge in [0.1, 0.15) is 0 Å². The predicted octanol–water partition coefficient (Wildman–Crippen LogP) is 4.99. The number of anilines is 1. The Morgan fingerprint density at radius 1 is 1.15 bits per heavy atom. The van der Waals surface area contributed by atoms with Crippen LogP contribution in [0.15, 0.2) is 58.4 Å². The second kappa shape index (κ2) is 8.82. The second-order valence-corrected chi connectivity index (χ2v) is 7.04. The zero-order valence-corrected chi connectivity index (χ0v) is 16.5. The summed E-state index contributed by atoms with van der Waals surface area (Å²) in [6.45, 7) is 2.31. The number of amides is 1. The van der Waals surface area contributed by atoms with Crippen molar-refractivity contribution >= 4 is 38.3 Å². The lowest BCUT2D eigenvalue weighted by Gasteiger charge is -2.10. The molecule has 0 aliphatic rings. The van der Waals surface area contributed by atoms with Gasteiger partial charge < -0.3 is 9.47 Å². The minimum Gasteiger partial charge on any atom is -0.490 e. The number of ether oxygens (including phenoxy) is 2. The lowest BCUT2D eigenvalue weighted by Crippen LogP contribution is -2.20. The molecule has 0 fully saturated rings. The Bertz CT molecular complexity index is 898. The fourth-order valence-corrected chi connectivity index (χ4v) is 3.39. The predicted molar refractivity (Wildman–Crippen MR) is 107 cm³/mol. The van der Waals surface area contributed by atoms with Gasteiger partial charge in [-0.1, -0.05) is 40.2 Å². The van der Waals surface area contributed by atoms with E-state index in [2.05, 4.69) is 26.2 Å². The molecular formula is C19H17BrN2O3S. The average Bonchev–Trinajstić information content (AvgIpc) is 3.10. The summed E-state index contributed by atoms with van der Waals surface area (Å²) in [5.41, 5.74) is 1.80. The highest BCUT2D eigenvalue weighted by molar-refractivity contribution is 9.10. The Morgan fingerprint density at radius 2 is 1.92 bits per heavy atom. The Labute approximate surface area is 164 Å². The van der Waals surface area contributed by atoms with Crippen LogP contribution in [0.5, 0.6) is 11.5 Å². The number of nitrogens with one attached hydrogen (secondary N) is 1. The first kappa shape index (κ1) is 18.4. The fourth-order valence-electron chi connectivity index (χ4n) is 2.25. The monoisotopic (exact) mass is 432 g/mol. The molecule has 1 heterocycles. The third-order valence-corrected chi connectivity index (χ3v) is 4.63. The molecule has 3 aromatic rings. The van der Waals surface area contributed by atoms with Crippen molar-refractivity contribution < 1.29 is 14.3 Å². The molecule has 3 rings (SSSR count). The lowest BCUT2D eigenvalue weighted by atomic mass is 10.2. The van der Waals surface area contributed by atoms with E-state index in [-0.39, 0.29) is 12.5 Å². The van der Waals surface area contributed by atoms with E-state index in [0.29, 0.717) is 23.2 Å². The third-order valence-electron chi connectivity index (χ3n) is 3.38. The molecule has 1 aromatic heterocycles. The molecule has 0 atom stereocenters. The van der Waals surface area contributed by atoms with Gasteiger partial charge in [0.15, 0.2) is 23.2 Å². The number of thiazole rings is 1. The van der Waals surface area contributed by atoms with E-state index >= 15 is 0 Å². The molecule has 0 aliphatic heterocycles. The first-order valence-corrected chi connectivity index (χ1v) is 9.69. The zero-order valence-electron chi connectivity index (χ0n) is 14.1. The van der Waals surface area contributed by atoms with Crippen molar-refractivity contribution in [3.63, 3.8) is 0 Å². The molecule has 7 heteroatoms. The minimum absolute atomic E-state index is 0.115. The number of hydrogen-bond acceptors (Lipinski definition) is 5. The summed E-state index contributed by atoms with van der Waals surface area (Å²) in [6, 6.07) is 15.1. The summed E-state index contributed by atoms with van der Waals surface area (Å²) in [5, 5.41) is 5.20. The number of benzene rings is 2. The number of para-hydroxylation sites is 2. The molecule has 134 valence electrons. The van der Waals surface area contributed by atoms with Gasteiger partial charge in [-0.3, -0.25) is 10.1 Å². The van der Waals surface area contributed by atoms with Crippen molar-refractivity contribution in [3.05, 3.63) is 58.4 Å². The molecular weight excluding hydrogens is 416 g/mol. The fraction of sp³-hybridized carbons (Fsp3) is 0.158. The number of nitrogens with zero attached hydrogens (tertiary/aromatic N) is 1. The number of carbonyl (C=O) groups excluding carboxylic acids is 1. The molecule has 0 aliphatic carbocycles. The van der Waals surface area contributed by atoms with Gasteiger partial charge >= 0.3 is 0 Å². The van der Waals surface area contributed by atoms with E-state index in [4.69, 9.17) is 9.47 Å². The SMILES string of the molecule is CCOc1ccccc1OCC(=O)Nc1nc(-c2cccc(Br)c2)cs1. The molecule has 0 unspecified atom stereocenters. The van der Waals surface area contributed by atoms with Crippen LogP contribution in [0, 0.1) is 0 Å². The highest BCUT2D eigenvalue weighted by Gasteiger charge is 2.11. The van der Waals surface area contributed by atoms with Crippen molar-refractivity contribution in [1.29, 1.82) is 0 Å². The van der Waals surface area contributed by atoms with Gasteiger partial charge in [-0.2, -0.15) is 0 Å². The van der Waals surface area contributed by atoms with Gasteiger partial charge in [0, 0.05) is 15.4 Å². The van der Waals surface area contributed by atoms with Crippen LogP contribution >= 0.6 is 27.3 Å². The standard InChI is InChI=1S/C19H17BrN2O3S/c1-2-24-16-8-3-4-9-17(16)25-11-18(23)22-19-21-15(12-26-19)13-6-5-7-14(20)10-13/h3-10,12H,2,11H2,1H3,(H,21,22,23). The quantitative estimate of drug-likeness (QED) is 0.571. The van der Waals surface area contributed by atoms with Crippen molar-refractivity contribution in [1.82, 2.24) is 4.98 Å². The number of halogens is 1. The molecule has 0 saturated heterocycles. The average molecular weight is 433 g/mol. The van der Waals surface area contributed by atoms with Crippen LogP contribution in [0.2, 0.25) is 0 Å².